The second-order valence-corrected chi connectivity index (χ2v) is 7.17. The Bertz CT molecular complexity index is 831. The lowest BCUT2D eigenvalue weighted by atomic mass is 10.1. The minimum absolute atomic E-state index is 0.0451. The third-order valence-electron chi connectivity index (χ3n) is 5.52. The largest absolute Gasteiger partial charge is 0.339 e. The van der Waals surface area contributed by atoms with E-state index in [0.717, 1.165) is 23.4 Å². The molecule has 1 aromatic carbocycles. The van der Waals surface area contributed by atoms with E-state index >= 15 is 0 Å². The van der Waals surface area contributed by atoms with Crippen LogP contribution in [0.15, 0.2) is 24.3 Å². The van der Waals surface area contributed by atoms with Crippen LogP contribution in [-0.4, -0.2) is 57.6 Å². The van der Waals surface area contributed by atoms with E-state index in [4.69, 9.17) is 0 Å². The number of hydrogen-bond acceptors (Lipinski definition) is 3. The quantitative estimate of drug-likeness (QED) is 0.831. The highest BCUT2D eigenvalue weighted by Crippen LogP contribution is 2.16. The Morgan fingerprint density at radius 2 is 1.59 bits per heavy atom. The molecule has 1 fully saturated rings. The fourth-order valence-electron chi connectivity index (χ4n) is 3.56. The maximum Gasteiger partial charge on any atom is 0.253 e. The van der Waals surface area contributed by atoms with E-state index in [9.17, 15) is 9.59 Å². The minimum atomic E-state index is 0.0451. The highest BCUT2D eigenvalue weighted by atomic mass is 16.2. The van der Waals surface area contributed by atoms with Crippen LogP contribution in [0.2, 0.25) is 0 Å². The van der Waals surface area contributed by atoms with Crippen molar-refractivity contribution in [2.24, 2.45) is 7.05 Å². The van der Waals surface area contributed by atoms with Crippen LogP contribution in [0.4, 0.5) is 0 Å². The van der Waals surface area contributed by atoms with Crippen molar-refractivity contribution in [2.45, 2.75) is 33.6 Å². The summed E-state index contributed by atoms with van der Waals surface area (Å²) in [6.45, 7) is 8.34. The van der Waals surface area contributed by atoms with Gasteiger partial charge in [-0.3, -0.25) is 14.3 Å². The first-order valence-corrected chi connectivity index (χ1v) is 9.55. The van der Waals surface area contributed by atoms with Gasteiger partial charge in [0, 0.05) is 50.0 Å². The Hall–Kier alpha value is -2.63. The van der Waals surface area contributed by atoms with E-state index in [1.807, 2.05) is 59.6 Å². The first-order valence-electron chi connectivity index (χ1n) is 9.55. The number of rotatable bonds is 4. The third kappa shape index (κ3) is 4.04. The van der Waals surface area contributed by atoms with E-state index in [0.29, 0.717) is 38.2 Å². The molecule has 6 nitrogen and oxygen atoms in total. The Labute approximate surface area is 160 Å². The van der Waals surface area contributed by atoms with Crippen LogP contribution >= 0.6 is 0 Å². The Kier molecular flexibility index (Phi) is 5.63. The third-order valence-corrected chi connectivity index (χ3v) is 5.52. The first kappa shape index (κ1) is 19.1. The molecule has 2 heterocycles. The number of hydrogen-bond donors (Lipinski definition) is 0. The van der Waals surface area contributed by atoms with Crippen molar-refractivity contribution in [3.8, 4) is 0 Å². The molecule has 0 unspecified atom stereocenters. The van der Waals surface area contributed by atoms with E-state index < -0.39 is 0 Å². The second-order valence-electron chi connectivity index (χ2n) is 7.17. The van der Waals surface area contributed by atoms with Crippen LogP contribution in [0, 0.1) is 13.8 Å². The standard InChI is InChI=1S/C21H28N4O2/c1-5-17-6-8-18(9-7-17)21(27)25-12-10-24(11-13-25)20(26)14-19-15(2)22-23(4)16(19)3/h6-9H,5,10-14H2,1-4H3. The molecule has 3 rings (SSSR count). The van der Waals surface area contributed by atoms with Crippen LogP contribution in [0.3, 0.4) is 0 Å². The molecule has 2 aromatic rings. The molecular formula is C21H28N4O2. The molecule has 0 saturated carbocycles. The van der Waals surface area contributed by atoms with Crippen LogP contribution in [0.25, 0.3) is 0 Å². The molecule has 27 heavy (non-hydrogen) atoms. The van der Waals surface area contributed by atoms with Gasteiger partial charge in [-0.25, -0.2) is 0 Å². The van der Waals surface area contributed by atoms with Crippen molar-refractivity contribution in [2.75, 3.05) is 26.2 Å². The van der Waals surface area contributed by atoms with Gasteiger partial charge in [0.2, 0.25) is 5.91 Å². The zero-order valence-electron chi connectivity index (χ0n) is 16.7. The van der Waals surface area contributed by atoms with Gasteiger partial charge in [-0.05, 0) is 38.0 Å². The van der Waals surface area contributed by atoms with Crippen molar-refractivity contribution in [3.63, 3.8) is 0 Å². The number of nitrogens with zero attached hydrogens (tertiary/aromatic N) is 4. The normalized spacial score (nSPS) is 14.5. The summed E-state index contributed by atoms with van der Waals surface area (Å²) in [5.41, 5.74) is 4.89. The molecule has 1 aliphatic heterocycles. The molecule has 6 heteroatoms. The number of piperazine rings is 1. The molecule has 0 atom stereocenters. The monoisotopic (exact) mass is 368 g/mol. The summed E-state index contributed by atoms with van der Waals surface area (Å²) in [5, 5.41) is 4.38. The Morgan fingerprint density at radius 1 is 1.00 bits per heavy atom. The van der Waals surface area contributed by atoms with E-state index in [2.05, 4.69) is 12.0 Å². The summed E-state index contributed by atoms with van der Waals surface area (Å²) in [6, 6.07) is 7.80. The van der Waals surface area contributed by atoms with Gasteiger partial charge in [-0.1, -0.05) is 19.1 Å². The summed E-state index contributed by atoms with van der Waals surface area (Å²) in [4.78, 5) is 29.0. The van der Waals surface area contributed by atoms with Crippen LogP contribution in [-0.2, 0) is 24.7 Å². The molecule has 1 aliphatic rings. The predicted octanol–water partition coefficient (Wildman–Crippen LogP) is 2.13. The zero-order valence-corrected chi connectivity index (χ0v) is 16.7. The highest BCUT2D eigenvalue weighted by Gasteiger charge is 2.26. The van der Waals surface area contributed by atoms with Crippen molar-refractivity contribution in [3.05, 3.63) is 52.3 Å². The van der Waals surface area contributed by atoms with Crippen LogP contribution in [0.5, 0.6) is 0 Å². The maximum absolute atomic E-state index is 12.7. The van der Waals surface area contributed by atoms with Gasteiger partial charge in [0.1, 0.15) is 0 Å². The number of benzene rings is 1. The number of amides is 2. The number of carbonyl (C=O) groups excluding carboxylic acids is 2. The Morgan fingerprint density at radius 3 is 2.11 bits per heavy atom. The van der Waals surface area contributed by atoms with Crippen LogP contribution < -0.4 is 0 Å². The lowest BCUT2D eigenvalue weighted by Gasteiger charge is -2.35. The Balaban J connectivity index is 1.57. The van der Waals surface area contributed by atoms with Gasteiger partial charge in [0.25, 0.3) is 5.91 Å². The van der Waals surface area contributed by atoms with Crippen molar-refractivity contribution in [1.29, 1.82) is 0 Å². The SMILES string of the molecule is CCc1ccc(C(=O)N2CCN(C(=O)Cc3c(C)nn(C)c3C)CC2)cc1. The smallest absolute Gasteiger partial charge is 0.253 e. The number of aromatic nitrogens is 2. The van der Waals surface area contributed by atoms with Gasteiger partial charge in [0.05, 0.1) is 12.1 Å². The molecule has 2 amide bonds. The molecule has 0 N–H and O–H groups in total. The fourth-order valence-corrected chi connectivity index (χ4v) is 3.56. The van der Waals surface area contributed by atoms with E-state index in [-0.39, 0.29) is 11.8 Å². The van der Waals surface area contributed by atoms with E-state index in [1.54, 1.807) is 0 Å². The summed E-state index contributed by atoms with van der Waals surface area (Å²) >= 11 is 0. The number of aryl methyl sites for hydroxylation is 3. The summed E-state index contributed by atoms with van der Waals surface area (Å²) in [5.74, 6) is 0.150. The van der Waals surface area contributed by atoms with Crippen molar-refractivity contribution in [1.82, 2.24) is 19.6 Å². The van der Waals surface area contributed by atoms with Gasteiger partial charge in [-0.15, -0.1) is 0 Å². The number of carbonyl (C=O) groups is 2. The highest BCUT2D eigenvalue weighted by molar-refractivity contribution is 5.94. The van der Waals surface area contributed by atoms with Crippen molar-refractivity contribution >= 4 is 11.8 Å². The van der Waals surface area contributed by atoms with Gasteiger partial charge in [-0.2, -0.15) is 5.10 Å². The first-order chi connectivity index (χ1) is 12.9. The zero-order chi connectivity index (χ0) is 19.6. The average Bonchev–Trinajstić information content (AvgIpc) is 2.93. The molecule has 0 aliphatic carbocycles. The lowest BCUT2D eigenvalue weighted by molar-refractivity contribution is -0.131. The topological polar surface area (TPSA) is 58.4 Å². The van der Waals surface area contributed by atoms with Gasteiger partial charge < -0.3 is 9.80 Å². The molecular weight excluding hydrogens is 340 g/mol. The van der Waals surface area contributed by atoms with Gasteiger partial charge in [0.15, 0.2) is 0 Å². The van der Waals surface area contributed by atoms with Gasteiger partial charge >= 0.3 is 0 Å². The average molecular weight is 368 g/mol. The molecule has 1 saturated heterocycles. The molecule has 0 spiro atoms. The molecule has 144 valence electrons. The predicted molar refractivity (Wildman–Crippen MR) is 105 cm³/mol. The van der Waals surface area contributed by atoms with E-state index in [1.165, 1.54) is 5.56 Å². The lowest BCUT2D eigenvalue weighted by Crippen LogP contribution is -2.51. The summed E-state index contributed by atoms with van der Waals surface area (Å²) < 4.78 is 1.82. The molecule has 0 radical (unpaired) electrons. The summed E-state index contributed by atoms with van der Waals surface area (Å²) in [6.07, 6.45) is 1.34. The fraction of sp³-hybridized carbons (Fsp3) is 0.476. The van der Waals surface area contributed by atoms with Crippen molar-refractivity contribution < 1.29 is 9.59 Å². The molecule has 0 bridgehead atoms. The molecule has 1 aromatic heterocycles. The van der Waals surface area contributed by atoms with Crippen LogP contribution in [0.1, 0.15) is 39.8 Å². The second kappa shape index (κ2) is 7.94. The summed E-state index contributed by atoms with van der Waals surface area (Å²) in [7, 11) is 1.90. The minimum Gasteiger partial charge on any atom is -0.339 e. The maximum atomic E-state index is 12.7.